The van der Waals surface area contributed by atoms with Crippen LogP contribution in [0.3, 0.4) is 0 Å². The molecule has 0 saturated carbocycles. The van der Waals surface area contributed by atoms with Crippen molar-refractivity contribution in [2.45, 2.75) is 13.0 Å². The number of aliphatic hydroxyl groups is 2. The van der Waals surface area contributed by atoms with E-state index in [-0.39, 0.29) is 13.2 Å². The van der Waals surface area contributed by atoms with Crippen LogP contribution in [0.5, 0.6) is 5.75 Å². The average Bonchev–Trinajstić information content (AvgIpc) is 2.15. The third-order valence-corrected chi connectivity index (χ3v) is 2.87. The fourth-order valence-corrected chi connectivity index (χ4v) is 2.66. The van der Waals surface area contributed by atoms with E-state index in [0.29, 0.717) is 5.75 Å². The number of halogens is 2. The van der Waals surface area contributed by atoms with Gasteiger partial charge in [-0.3, -0.25) is 0 Å². The maximum Gasteiger partial charge on any atom is 0.136 e. The average molecular weight is 340 g/mol. The van der Waals surface area contributed by atoms with E-state index in [2.05, 4.69) is 31.9 Å². The highest BCUT2D eigenvalue weighted by Crippen LogP contribution is 2.32. The topological polar surface area (TPSA) is 49.7 Å². The van der Waals surface area contributed by atoms with Gasteiger partial charge in [0.05, 0.1) is 11.1 Å². The molecule has 0 amide bonds. The van der Waals surface area contributed by atoms with Gasteiger partial charge in [0, 0.05) is 4.47 Å². The molecule has 0 spiro atoms. The fourth-order valence-electron chi connectivity index (χ4n) is 1.10. The molecule has 5 heteroatoms. The molecule has 0 saturated heterocycles. The fraction of sp³-hybridized carbons (Fsp3) is 0.400. The van der Waals surface area contributed by atoms with Gasteiger partial charge in [0.25, 0.3) is 0 Å². The van der Waals surface area contributed by atoms with Gasteiger partial charge >= 0.3 is 0 Å². The normalized spacial score (nSPS) is 12.6. The van der Waals surface area contributed by atoms with E-state index in [0.717, 1.165) is 14.5 Å². The first kappa shape index (κ1) is 13.0. The monoisotopic (exact) mass is 338 g/mol. The second kappa shape index (κ2) is 5.84. The van der Waals surface area contributed by atoms with E-state index in [4.69, 9.17) is 14.9 Å². The van der Waals surface area contributed by atoms with Crippen LogP contribution < -0.4 is 4.74 Å². The van der Waals surface area contributed by atoms with E-state index < -0.39 is 6.10 Å². The zero-order chi connectivity index (χ0) is 11.4. The molecule has 84 valence electrons. The highest BCUT2D eigenvalue weighted by molar-refractivity contribution is 9.11. The van der Waals surface area contributed by atoms with E-state index in [1.807, 2.05) is 19.1 Å². The van der Waals surface area contributed by atoms with Gasteiger partial charge in [0.2, 0.25) is 0 Å². The number of aryl methyl sites for hydroxylation is 1. The van der Waals surface area contributed by atoms with Crippen LogP contribution in [0.1, 0.15) is 5.56 Å². The smallest absolute Gasteiger partial charge is 0.136 e. The Morgan fingerprint density at radius 2 is 2.07 bits per heavy atom. The van der Waals surface area contributed by atoms with Gasteiger partial charge in [0.1, 0.15) is 18.5 Å². The first-order valence-corrected chi connectivity index (χ1v) is 6.00. The number of ether oxygens (including phenoxy) is 1. The van der Waals surface area contributed by atoms with Gasteiger partial charge in [-0.25, -0.2) is 0 Å². The summed E-state index contributed by atoms with van der Waals surface area (Å²) in [7, 11) is 0. The van der Waals surface area contributed by atoms with Crippen LogP contribution in [-0.2, 0) is 0 Å². The van der Waals surface area contributed by atoms with Crippen molar-refractivity contribution in [1.82, 2.24) is 0 Å². The third kappa shape index (κ3) is 3.75. The van der Waals surface area contributed by atoms with Gasteiger partial charge in [-0.05, 0) is 40.5 Å². The number of aliphatic hydroxyl groups excluding tert-OH is 2. The van der Waals surface area contributed by atoms with E-state index in [9.17, 15) is 0 Å². The Balaban J connectivity index is 2.77. The molecule has 0 aliphatic heterocycles. The quantitative estimate of drug-likeness (QED) is 0.884. The summed E-state index contributed by atoms with van der Waals surface area (Å²) in [6.45, 7) is 1.70. The summed E-state index contributed by atoms with van der Waals surface area (Å²) < 4.78 is 7.18. The first-order chi connectivity index (χ1) is 7.04. The number of benzene rings is 1. The summed E-state index contributed by atoms with van der Waals surface area (Å²) in [5.74, 6) is 0.686. The number of hydrogen-bond donors (Lipinski definition) is 2. The summed E-state index contributed by atoms with van der Waals surface area (Å²) in [5, 5.41) is 17.8. The second-order valence-corrected chi connectivity index (χ2v) is 4.95. The lowest BCUT2D eigenvalue weighted by molar-refractivity contribution is 0.0531. The SMILES string of the molecule is Cc1cc(Br)cc(Br)c1OCC(O)CO. The molecule has 0 aliphatic rings. The van der Waals surface area contributed by atoms with E-state index >= 15 is 0 Å². The zero-order valence-corrected chi connectivity index (χ0v) is 11.4. The highest BCUT2D eigenvalue weighted by atomic mass is 79.9. The van der Waals surface area contributed by atoms with E-state index in [1.165, 1.54) is 0 Å². The van der Waals surface area contributed by atoms with Crippen LogP contribution in [0.2, 0.25) is 0 Å². The van der Waals surface area contributed by atoms with E-state index in [1.54, 1.807) is 0 Å². The lowest BCUT2D eigenvalue weighted by atomic mass is 10.2. The molecule has 1 aromatic carbocycles. The van der Waals surface area contributed by atoms with Crippen molar-refractivity contribution >= 4 is 31.9 Å². The van der Waals surface area contributed by atoms with Gasteiger partial charge in [-0.1, -0.05) is 15.9 Å². The first-order valence-electron chi connectivity index (χ1n) is 4.42. The zero-order valence-electron chi connectivity index (χ0n) is 8.20. The maximum atomic E-state index is 9.16. The predicted molar refractivity (Wildman–Crippen MR) is 65.2 cm³/mol. The minimum Gasteiger partial charge on any atom is -0.489 e. The number of hydrogen-bond acceptors (Lipinski definition) is 3. The Hall–Kier alpha value is -0.100. The molecule has 1 atom stereocenters. The number of rotatable bonds is 4. The molecular formula is C10H12Br2O3. The van der Waals surface area contributed by atoms with Crippen LogP contribution in [-0.4, -0.2) is 29.5 Å². The summed E-state index contributed by atoms with van der Waals surface area (Å²) in [4.78, 5) is 0. The molecule has 2 N–H and O–H groups in total. The molecule has 3 nitrogen and oxygen atoms in total. The molecule has 1 aromatic rings. The third-order valence-electron chi connectivity index (χ3n) is 1.82. The van der Waals surface area contributed by atoms with Crippen molar-refractivity contribution in [2.75, 3.05) is 13.2 Å². The molecule has 15 heavy (non-hydrogen) atoms. The Bertz CT molecular complexity index is 318. The molecule has 0 radical (unpaired) electrons. The van der Waals surface area contributed by atoms with Gasteiger partial charge in [-0.2, -0.15) is 0 Å². The minimum absolute atomic E-state index is 0.0809. The Morgan fingerprint density at radius 1 is 1.40 bits per heavy atom. The molecule has 1 rings (SSSR count). The van der Waals surface area contributed by atoms with Crippen molar-refractivity contribution in [3.05, 3.63) is 26.6 Å². The van der Waals surface area contributed by atoms with Gasteiger partial charge in [-0.15, -0.1) is 0 Å². The van der Waals surface area contributed by atoms with Crippen LogP contribution in [0.25, 0.3) is 0 Å². The predicted octanol–water partition coefficient (Wildman–Crippen LogP) is 2.25. The Kier molecular flexibility index (Phi) is 5.05. The Morgan fingerprint density at radius 3 is 2.60 bits per heavy atom. The minimum atomic E-state index is -0.847. The summed E-state index contributed by atoms with van der Waals surface area (Å²) in [6.07, 6.45) is -0.847. The van der Waals surface area contributed by atoms with Gasteiger partial charge < -0.3 is 14.9 Å². The lowest BCUT2D eigenvalue weighted by Gasteiger charge is -2.13. The molecule has 1 unspecified atom stereocenters. The summed E-state index contributed by atoms with van der Waals surface area (Å²) in [5.41, 5.74) is 0.960. The molecule has 0 bridgehead atoms. The molecule has 0 heterocycles. The van der Waals surface area contributed by atoms with Crippen molar-refractivity contribution in [2.24, 2.45) is 0 Å². The molecule has 0 aliphatic carbocycles. The van der Waals surface area contributed by atoms with Gasteiger partial charge in [0.15, 0.2) is 0 Å². The molecular weight excluding hydrogens is 328 g/mol. The van der Waals surface area contributed by atoms with Crippen LogP contribution in [0.4, 0.5) is 0 Å². The van der Waals surface area contributed by atoms with Crippen molar-refractivity contribution in [3.8, 4) is 5.75 Å². The Labute approximate surface area is 105 Å². The van der Waals surface area contributed by atoms with Crippen molar-refractivity contribution in [3.63, 3.8) is 0 Å². The molecule has 0 fully saturated rings. The van der Waals surface area contributed by atoms with Crippen molar-refractivity contribution in [1.29, 1.82) is 0 Å². The van der Waals surface area contributed by atoms with Crippen LogP contribution >= 0.6 is 31.9 Å². The van der Waals surface area contributed by atoms with Crippen LogP contribution in [0.15, 0.2) is 21.1 Å². The standard InChI is InChI=1S/C10H12Br2O3/c1-6-2-7(11)3-9(12)10(6)15-5-8(14)4-13/h2-3,8,13-14H,4-5H2,1H3. The lowest BCUT2D eigenvalue weighted by Crippen LogP contribution is -2.21. The maximum absolute atomic E-state index is 9.16. The van der Waals surface area contributed by atoms with Crippen molar-refractivity contribution < 1.29 is 14.9 Å². The largest absolute Gasteiger partial charge is 0.489 e. The summed E-state index contributed by atoms with van der Waals surface area (Å²) >= 11 is 6.74. The van der Waals surface area contributed by atoms with Crippen LogP contribution in [0, 0.1) is 6.92 Å². The second-order valence-electron chi connectivity index (χ2n) is 3.18. The summed E-state index contributed by atoms with van der Waals surface area (Å²) in [6, 6.07) is 3.79. The highest BCUT2D eigenvalue weighted by Gasteiger charge is 2.09. The molecule has 0 aromatic heterocycles.